The zero-order valence-corrected chi connectivity index (χ0v) is 9.90. The van der Waals surface area contributed by atoms with Crippen molar-refractivity contribution in [3.05, 3.63) is 35.0 Å². The lowest BCUT2D eigenvalue weighted by Gasteiger charge is -2.11. The molecular formula is C10H13ClN4O. The van der Waals surface area contributed by atoms with Crippen molar-refractivity contribution < 1.29 is 4.42 Å². The molecule has 0 saturated heterocycles. The molecule has 0 saturated carbocycles. The Morgan fingerprint density at radius 1 is 1.56 bits per heavy atom. The van der Waals surface area contributed by atoms with Gasteiger partial charge in [-0.25, -0.2) is 0 Å². The van der Waals surface area contributed by atoms with E-state index in [-0.39, 0.29) is 6.04 Å². The Morgan fingerprint density at radius 3 is 2.88 bits per heavy atom. The zero-order valence-electron chi connectivity index (χ0n) is 9.14. The highest BCUT2D eigenvalue weighted by Crippen LogP contribution is 2.22. The number of rotatable bonds is 4. The van der Waals surface area contributed by atoms with Crippen LogP contribution in [0.25, 0.3) is 0 Å². The predicted molar refractivity (Wildman–Crippen MR) is 60.2 cm³/mol. The van der Waals surface area contributed by atoms with Crippen LogP contribution in [0.3, 0.4) is 0 Å². The smallest absolute Gasteiger partial charge is 0.193 e. The number of nitrogens with one attached hydrogen (secondary N) is 1. The van der Waals surface area contributed by atoms with Crippen LogP contribution in [0.2, 0.25) is 5.22 Å². The maximum Gasteiger partial charge on any atom is 0.193 e. The average Bonchev–Trinajstić information content (AvgIpc) is 2.84. The third-order valence-electron chi connectivity index (χ3n) is 2.35. The number of halogens is 1. The molecule has 0 amide bonds. The molecule has 1 unspecified atom stereocenters. The SMILES string of the molecule is CNC(Cc1cn(C)nn1)c1ccc(Cl)o1. The van der Waals surface area contributed by atoms with E-state index in [0.717, 1.165) is 11.5 Å². The summed E-state index contributed by atoms with van der Waals surface area (Å²) in [6.07, 6.45) is 2.60. The second kappa shape index (κ2) is 4.67. The number of nitrogens with zero attached hydrogens (tertiary/aromatic N) is 3. The Morgan fingerprint density at radius 2 is 2.38 bits per heavy atom. The first-order chi connectivity index (χ1) is 7.69. The number of hydrogen-bond donors (Lipinski definition) is 1. The molecule has 0 aliphatic rings. The highest BCUT2D eigenvalue weighted by molar-refractivity contribution is 6.28. The van der Waals surface area contributed by atoms with Gasteiger partial charge in [-0.1, -0.05) is 5.21 Å². The minimum atomic E-state index is 0.0594. The maximum absolute atomic E-state index is 5.74. The molecule has 0 radical (unpaired) electrons. The van der Waals surface area contributed by atoms with E-state index in [1.807, 2.05) is 26.4 Å². The van der Waals surface area contributed by atoms with Gasteiger partial charge in [0.1, 0.15) is 5.76 Å². The van der Waals surface area contributed by atoms with Crippen LogP contribution in [0.4, 0.5) is 0 Å². The van der Waals surface area contributed by atoms with Crippen molar-refractivity contribution in [3.63, 3.8) is 0 Å². The molecule has 0 bridgehead atoms. The lowest BCUT2D eigenvalue weighted by molar-refractivity contribution is 0.428. The Bertz CT molecular complexity index is 465. The van der Waals surface area contributed by atoms with Crippen molar-refractivity contribution in [2.75, 3.05) is 7.05 Å². The third kappa shape index (κ3) is 2.43. The van der Waals surface area contributed by atoms with Crippen molar-refractivity contribution >= 4 is 11.6 Å². The van der Waals surface area contributed by atoms with E-state index in [0.29, 0.717) is 11.6 Å². The second-order valence-corrected chi connectivity index (χ2v) is 3.94. The molecular weight excluding hydrogens is 228 g/mol. The fourth-order valence-electron chi connectivity index (χ4n) is 1.56. The number of hydrogen-bond acceptors (Lipinski definition) is 4. The fraction of sp³-hybridized carbons (Fsp3) is 0.400. The van der Waals surface area contributed by atoms with Crippen molar-refractivity contribution in [2.45, 2.75) is 12.5 Å². The topological polar surface area (TPSA) is 55.9 Å². The Hall–Kier alpha value is -1.33. The molecule has 16 heavy (non-hydrogen) atoms. The summed E-state index contributed by atoms with van der Waals surface area (Å²) in [5, 5.41) is 11.5. The lowest BCUT2D eigenvalue weighted by atomic mass is 10.1. The first-order valence-electron chi connectivity index (χ1n) is 4.96. The Labute approximate surface area is 98.4 Å². The highest BCUT2D eigenvalue weighted by Gasteiger charge is 2.15. The van der Waals surface area contributed by atoms with Gasteiger partial charge in [-0.2, -0.15) is 0 Å². The molecule has 86 valence electrons. The van der Waals surface area contributed by atoms with Gasteiger partial charge in [0.25, 0.3) is 0 Å². The van der Waals surface area contributed by atoms with Gasteiger partial charge in [-0.05, 0) is 30.8 Å². The molecule has 2 aromatic heterocycles. The molecule has 2 heterocycles. The largest absolute Gasteiger partial charge is 0.448 e. The molecule has 0 fully saturated rings. The number of furan rings is 1. The summed E-state index contributed by atoms with van der Waals surface area (Å²) in [5.41, 5.74) is 0.911. The van der Waals surface area contributed by atoms with Gasteiger partial charge in [0.05, 0.1) is 11.7 Å². The van der Waals surface area contributed by atoms with Crippen molar-refractivity contribution in [2.24, 2.45) is 7.05 Å². The number of likely N-dealkylation sites (N-methyl/N-ethyl adjacent to an activating group) is 1. The van der Waals surface area contributed by atoms with Gasteiger partial charge >= 0.3 is 0 Å². The summed E-state index contributed by atoms with van der Waals surface area (Å²) in [4.78, 5) is 0. The van der Waals surface area contributed by atoms with Crippen LogP contribution in [-0.4, -0.2) is 22.0 Å². The summed E-state index contributed by atoms with van der Waals surface area (Å²) >= 11 is 5.74. The van der Waals surface area contributed by atoms with Crippen LogP contribution in [0.15, 0.2) is 22.7 Å². The summed E-state index contributed by atoms with van der Waals surface area (Å²) in [6.45, 7) is 0. The average molecular weight is 241 g/mol. The van der Waals surface area contributed by atoms with E-state index >= 15 is 0 Å². The van der Waals surface area contributed by atoms with E-state index in [1.54, 1.807) is 10.7 Å². The van der Waals surface area contributed by atoms with E-state index < -0.39 is 0 Å². The summed E-state index contributed by atoms with van der Waals surface area (Å²) < 4.78 is 7.04. The molecule has 0 aromatic carbocycles. The fourth-order valence-corrected chi connectivity index (χ4v) is 1.71. The first kappa shape index (κ1) is 11.2. The zero-order chi connectivity index (χ0) is 11.5. The minimum absolute atomic E-state index is 0.0594. The van der Waals surface area contributed by atoms with Gasteiger partial charge in [-0.15, -0.1) is 5.10 Å². The third-order valence-corrected chi connectivity index (χ3v) is 2.55. The van der Waals surface area contributed by atoms with E-state index in [1.165, 1.54) is 0 Å². The molecule has 1 atom stereocenters. The number of aromatic nitrogens is 3. The van der Waals surface area contributed by atoms with Crippen molar-refractivity contribution in [3.8, 4) is 0 Å². The quantitative estimate of drug-likeness (QED) is 0.881. The molecule has 1 N–H and O–H groups in total. The van der Waals surface area contributed by atoms with E-state index in [2.05, 4.69) is 15.6 Å². The Balaban J connectivity index is 2.12. The summed E-state index contributed by atoms with van der Waals surface area (Å²) in [5.74, 6) is 0.804. The van der Waals surface area contributed by atoms with Crippen LogP contribution in [-0.2, 0) is 13.5 Å². The number of aryl methyl sites for hydroxylation is 1. The normalized spacial score (nSPS) is 12.9. The standard InChI is InChI=1S/C10H13ClN4O/c1-12-8(9-3-4-10(11)16-9)5-7-6-15(2)14-13-7/h3-4,6,8,12H,5H2,1-2H3. The van der Waals surface area contributed by atoms with Crippen LogP contribution in [0.5, 0.6) is 0 Å². The lowest BCUT2D eigenvalue weighted by Crippen LogP contribution is -2.18. The van der Waals surface area contributed by atoms with Gasteiger partial charge in [0, 0.05) is 19.7 Å². The van der Waals surface area contributed by atoms with Gasteiger partial charge in [0.2, 0.25) is 0 Å². The first-order valence-corrected chi connectivity index (χ1v) is 5.34. The van der Waals surface area contributed by atoms with E-state index in [4.69, 9.17) is 16.0 Å². The summed E-state index contributed by atoms with van der Waals surface area (Å²) in [6, 6.07) is 3.65. The van der Waals surface area contributed by atoms with Gasteiger partial charge in [0.15, 0.2) is 5.22 Å². The maximum atomic E-state index is 5.74. The minimum Gasteiger partial charge on any atom is -0.448 e. The monoisotopic (exact) mass is 240 g/mol. The molecule has 0 spiro atoms. The summed E-state index contributed by atoms with van der Waals surface area (Å²) in [7, 11) is 3.71. The van der Waals surface area contributed by atoms with Gasteiger partial charge < -0.3 is 9.73 Å². The van der Waals surface area contributed by atoms with Crippen LogP contribution >= 0.6 is 11.6 Å². The van der Waals surface area contributed by atoms with Crippen molar-refractivity contribution in [1.29, 1.82) is 0 Å². The van der Waals surface area contributed by atoms with Gasteiger partial charge in [-0.3, -0.25) is 4.68 Å². The Kier molecular flexibility index (Phi) is 3.26. The molecule has 2 rings (SSSR count). The molecule has 0 aliphatic heterocycles. The second-order valence-electron chi connectivity index (χ2n) is 3.57. The highest BCUT2D eigenvalue weighted by atomic mass is 35.5. The molecule has 2 aromatic rings. The molecule has 5 nitrogen and oxygen atoms in total. The van der Waals surface area contributed by atoms with Crippen LogP contribution < -0.4 is 5.32 Å². The predicted octanol–water partition coefficient (Wildman–Crippen LogP) is 1.56. The molecule has 6 heteroatoms. The van der Waals surface area contributed by atoms with Crippen LogP contribution in [0.1, 0.15) is 17.5 Å². The molecule has 0 aliphatic carbocycles. The van der Waals surface area contributed by atoms with Crippen molar-refractivity contribution in [1.82, 2.24) is 20.3 Å². The van der Waals surface area contributed by atoms with E-state index in [9.17, 15) is 0 Å². The van der Waals surface area contributed by atoms with Crippen LogP contribution in [0, 0.1) is 0 Å².